The topological polar surface area (TPSA) is 33.1 Å². The highest BCUT2D eigenvalue weighted by molar-refractivity contribution is 7.05. The van der Waals surface area contributed by atoms with Crippen molar-refractivity contribution in [3.63, 3.8) is 0 Å². The van der Waals surface area contributed by atoms with Gasteiger partial charge in [-0.2, -0.15) is 4.37 Å². The smallest absolute Gasteiger partial charge is 0.0853 e. The van der Waals surface area contributed by atoms with Crippen molar-refractivity contribution in [2.45, 2.75) is 26.4 Å². The van der Waals surface area contributed by atoms with Crippen LogP contribution in [-0.2, 0) is 0 Å². The molecule has 12 heavy (non-hydrogen) atoms. The summed E-state index contributed by atoms with van der Waals surface area (Å²) in [4.78, 5) is 1.10. The molecular weight excluding hydrogens is 170 g/mol. The Labute approximate surface area is 76.7 Å². The molecule has 0 aromatic carbocycles. The van der Waals surface area contributed by atoms with Crippen LogP contribution in [0.4, 0.5) is 0 Å². The zero-order valence-electron chi connectivity index (χ0n) is 7.37. The van der Waals surface area contributed by atoms with Gasteiger partial charge in [0.15, 0.2) is 0 Å². The Hall–Kier alpha value is -0.670. The van der Waals surface area contributed by atoms with Gasteiger partial charge < -0.3 is 5.11 Å². The van der Waals surface area contributed by atoms with Gasteiger partial charge in [-0.1, -0.05) is 6.08 Å². The molecule has 1 rings (SSSR count). The molecule has 1 heterocycles. The van der Waals surface area contributed by atoms with Crippen LogP contribution in [0, 0.1) is 13.8 Å². The third kappa shape index (κ3) is 1.73. The lowest BCUT2D eigenvalue weighted by atomic mass is 10.1. The molecule has 1 atom stereocenters. The van der Waals surface area contributed by atoms with Crippen molar-refractivity contribution in [2.24, 2.45) is 0 Å². The molecule has 0 amide bonds. The third-order valence-corrected chi connectivity index (χ3v) is 2.67. The Bertz CT molecular complexity index is 261. The normalized spacial score (nSPS) is 12.9. The summed E-state index contributed by atoms with van der Waals surface area (Å²) in [6.07, 6.45) is 1.89. The van der Waals surface area contributed by atoms with Crippen LogP contribution in [0.5, 0.6) is 0 Å². The number of nitrogens with zero attached hydrogens (tertiary/aromatic N) is 1. The van der Waals surface area contributed by atoms with Gasteiger partial charge in [0.1, 0.15) is 0 Å². The molecule has 0 bridgehead atoms. The molecule has 0 saturated carbocycles. The van der Waals surface area contributed by atoms with Gasteiger partial charge in [0.05, 0.1) is 11.8 Å². The highest BCUT2D eigenvalue weighted by Gasteiger charge is 2.14. The molecule has 1 aromatic rings. The molecule has 66 valence electrons. The van der Waals surface area contributed by atoms with E-state index in [-0.39, 0.29) is 0 Å². The monoisotopic (exact) mass is 183 g/mol. The quantitative estimate of drug-likeness (QED) is 0.730. The van der Waals surface area contributed by atoms with Crippen LogP contribution in [0.25, 0.3) is 0 Å². The maximum atomic E-state index is 9.67. The van der Waals surface area contributed by atoms with Crippen LogP contribution in [0.2, 0.25) is 0 Å². The molecule has 0 fully saturated rings. The van der Waals surface area contributed by atoms with E-state index in [1.807, 2.05) is 13.8 Å². The van der Waals surface area contributed by atoms with Crippen molar-refractivity contribution in [1.82, 2.24) is 4.37 Å². The molecule has 1 unspecified atom stereocenters. The summed E-state index contributed by atoms with van der Waals surface area (Å²) in [6.45, 7) is 7.49. The Morgan fingerprint density at radius 3 is 2.75 bits per heavy atom. The van der Waals surface area contributed by atoms with Crippen molar-refractivity contribution >= 4 is 11.5 Å². The van der Waals surface area contributed by atoms with Crippen LogP contribution < -0.4 is 0 Å². The van der Waals surface area contributed by atoms with E-state index < -0.39 is 6.10 Å². The summed E-state index contributed by atoms with van der Waals surface area (Å²) in [5.41, 5.74) is 1.91. The summed E-state index contributed by atoms with van der Waals surface area (Å²) in [5.74, 6) is 0. The van der Waals surface area contributed by atoms with Gasteiger partial charge in [-0.05, 0) is 31.8 Å². The van der Waals surface area contributed by atoms with E-state index in [4.69, 9.17) is 0 Å². The summed E-state index contributed by atoms with van der Waals surface area (Å²) in [7, 11) is 0. The van der Waals surface area contributed by atoms with Gasteiger partial charge in [0.25, 0.3) is 0 Å². The van der Waals surface area contributed by atoms with E-state index in [1.54, 1.807) is 6.08 Å². The average Bonchev–Trinajstić information content (AvgIpc) is 2.32. The van der Waals surface area contributed by atoms with Crippen molar-refractivity contribution in [2.75, 3.05) is 0 Å². The molecule has 0 saturated heterocycles. The molecule has 3 heteroatoms. The Morgan fingerprint density at radius 2 is 2.33 bits per heavy atom. The van der Waals surface area contributed by atoms with Gasteiger partial charge in [0.2, 0.25) is 0 Å². The zero-order valence-corrected chi connectivity index (χ0v) is 8.19. The first kappa shape index (κ1) is 9.42. The molecular formula is C9H13NOS. The Balaban J connectivity index is 2.92. The third-order valence-electron chi connectivity index (χ3n) is 1.81. The molecule has 0 aliphatic rings. The number of aliphatic hydroxyl groups is 1. The lowest BCUT2D eigenvalue weighted by Crippen LogP contribution is -1.97. The number of rotatable bonds is 3. The zero-order chi connectivity index (χ0) is 9.14. The molecule has 0 aliphatic heterocycles. The van der Waals surface area contributed by atoms with E-state index in [1.165, 1.54) is 11.5 Å². The van der Waals surface area contributed by atoms with E-state index in [2.05, 4.69) is 11.0 Å². The molecule has 0 aliphatic carbocycles. The van der Waals surface area contributed by atoms with Crippen molar-refractivity contribution in [3.8, 4) is 0 Å². The van der Waals surface area contributed by atoms with Crippen LogP contribution in [0.15, 0.2) is 12.7 Å². The van der Waals surface area contributed by atoms with Crippen molar-refractivity contribution < 1.29 is 5.11 Å². The lowest BCUT2D eigenvalue weighted by Gasteiger charge is -2.07. The van der Waals surface area contributed by atoms with E-state index >= 15 is 0 Å². The summed E-state index contributed by atoms with van der Waals surface area (Å²) in [5, 5.41) is 9.67. The number of hydrogen-bond donors (Lipinski definition) is 1. The van der Waals surface area contributed by atoms with E-state index in [0.29, 0.717) is 6.42 Å². The Kier molecular flexibility index (Phi) is 3.00. The second kappa shape index (κ2) is 3.83. The SMILES string of the molecule is C=CCC(O)c1c(C)nsc1C. The van der Waals surface area contributed by atoms with Gasteiger partial charge in [-0.15, -0.1) is 6.58 Å². The lowest BCUT2D eigenvalue weighted by molar-refractivity contribution is 0.180. The van der Waals surface area contributed by atoms with Gasteiger partial charge in [0, 0.05) is 10.4 Å². The molecule has 1 N–H and O–H groups in total. The van der Waals surface area contributed by atoms with Gasteiger partial charge >= 0.3 is 0 Å². The number of hydrogen-bond acceptors (Lipinski definition) is 3. The first-order valence-corrected chi connectivity index (χ1v) is 4.66. The minimum absolute atomic E-state index is 0.429. The Morgan fingerprint density at radius 1 is 1.67 bits per heavy atom. The fourth-order valence-corrected chi connectivity index (χ4v) is 2.00. The minimum Gasteiger partial charge on any atom is -0.388 e. The molecule has 0 radical (unpaired) electrons. The highest BCUT2D eigenvalue weighted by atomic mass is 32.1. The van der Waals surface area contributed by atoms with Crippen molar-refractivity contribution in [1.29, 1.82) is 0 Å². The van der Waals surface area contributed by atoms with Gasteiger partial charge in [-0.3, -0.25) is 0 Å². The second-order valence-electron chi connectivity index (χ2n) is 2.78. The highest BCUT2D eigenvalue weighted by Crippen LogP contribution is 2.26. The standard InChI is InChI=1S/C9H13NOS/c1-4-5-8(11)9-6(2)10-12-7(9)3/h4,8,11H,1,5H2,2-3H3. The molecule has 2 nitrogen and oxygen atoms in total. The minimum atomic E-state index is -0.429. The first-order valence-electron chi connectivity index (χ1n) is 3.88. The predicted octanol–water partition coefficient (Wildman–Crippen LogP) is 2.37. The van der Waals surface area contributed by atoms with E-state index in [0.717, 1.165) is 16.1 Å². The number of aryl methyl sites for hydroxylation is 2. The van der Waals surface area contributed by atoms with Gasteiger partial charge in [-0.25, -0.2) is 0 Å². The summed E-state index contributed by atoms with van der Waals surface area (Å²) in [6, 6.07) is 0. The van der Waals surface area contributed by atoms with Crippen LogP contribution in [0.1, 0.15) is 28.7 Å². The average molecular weight is 183 g/mol. The molecule has 1 aromatic heterocycles. The van der Waals surface area contributed by atoms with Crippen molar-refractivity contribution in [3.05, 3.63) is 28.8 Å². The maximum Gasteiger partial charge on any atom is 0.0853 e. The fraction of sp³-hybridized carbons (Fsp3) is 0.444. The number of aliphatic hydroxyl groups excluding tert-OH is 1. The number of aromatic nitrogens is 1. The predicted molar refractivity (Wildman–Crippen MR) is 51.4 cm³/mol. The fourth-order valence-electron chi connectivity index (χ4n) is 1.24. The largest absolute Gasteiger partial charge is 0.388 e. The maximum absolute atomic E-state index is 9.67. The van der Waals surface area contributed by atoms with Crippen LogP contribution in [0.3, 0.4) is 0 Å². The summed E-state index contributed by atoms with van der Waals surface area (Å²) >= 11 is 1.44. The van der Waals surface area contributed by atoms with Crippen LogP contribution in [-0.4, -0.2) is 9.48 Å². The first-order chi connectivity index (χ1) is 5.66. The second-order valence-corrected chi connectivity index (χ2v) is 3.76. The van der Waals surface area contributed by atoms with Crippen LogP contribution >= 0.6 is 11.5 Å². The van der Waals surface area contributed by atoms with E-state index in [9.17, 15) is 5.11 Å². The summed E-state index contributed by atoms with van der Waals surface area (Å²) < 4.78 is 4.17. The molecule has 0 spiro atoms.